The molecule has 0 aromatic carbocycles. The number of pyridine rings is 1. The molecule has 0 unspecified atom stereocenters. The summed E-state index contributed by atoms with van der Waals surface area (Å²) >= 11 is 6.22. The molecule has 0 saturated carbocycles. The lowest BCUT2D eigenvalue weighted by Gasteiger charge is -2.10. The first kappa shape index (κ1) is 20.0. The van der Waals surface area contributed by atoms with Gasteiger partial charge in [0.15, 0.2) is 6.61 Å². The number of rotatable bonds is 5. The van der Waals surface area contributed by atoms with Crippen molar-refractivity contribution in [3.8, 4) is 5.88 Å². The van der Waals surface area contributed by atoms with Crippen molar-refractivity contribution < 1.29 is 17.9 Å². The second kappa shape index (κ2) is 8.40. The van der Waals surface area contributed by atoms with E-state index in [9.17, 15) is 13.2 Å². The molecule has 0 aliphatic heterocycles. The Morgan fingerprint density at radius 1 is 1.38 bits per heavy atom. The van der Waals surface area contributed by atoms with Gasteiger partial charge in [0.2, 0.25) is 5.88 Å². The number of ether oxygens (including phenoxy) is 1. The molecule has 0 atom stereocenters. The number of nitrogens with zero attached hydrogens (tertiary/aromatic N) is 2. The first-order valence-electron chi connectivity index (χ1n) is 7.83. The highest BCUT2D eigenvalue weighted by Crippen LogP contribution is 2.23. The first-order valence-corrected chi connectivity index (χ1v) is 8.21. The second-order valence-electron chi connectivity index (χ2n) is 5.96. The van der Waals surface area contributed by atoms with Crippen molar-refractivity contribution in [2.75, 3.05) is 6.61 Å². The molecular formula is C18H19ClF3N3O. The van der Waals surface area contributed by atoms with Crippen LogP contribution in [0.2, 0.25) is 0 Å². The highest BCUT2D eigenvalue weighted by molar-refractivity contribution is 6.34. The molecule has 0 fully saturated rings. The van der Waals surface area contributed by atoms with Crippen LogP contribution < -0.4 is 10.5 Å². The maximum absolute atomic E-state index is 12.2. The van der Waals surface area contributed by atoms with E-state index in [1.54, 1.807) is 19.2 Å². The fourth-order valence-electron chi connectivity index (χ4n) is 2.29. The predicted molar refractivity (Wildman–Crippen MR) is 96.2 cm³/mol. The minimum Gasteiger partial charge on any atom is -0.468 e. The number of allylic oxidation sites excluding steroid dienone is 5. The lowest BCUT2D eigenvalue weighted by molar-refractivity contribution is -0.154. The zero-order valence-electron chi connectivity index (χ0n) is 14.4. The van der Waals surface area contributed by atoms with Crippen LogP contribution in [0, 0.1) is 6.92 Å². The number of halogens is 4. The molecule has 8 heteroatoms. The molecule has 26 heavy (non-hydrogen) atoms. The number of aliphatic imine (C=N–C) groups is 1. The van der Waals surface area contributed by atoms with Crippen LogP contribution in [0.5, 0.6) is 5.88 Å². The van der Waals surface area contributed by atoms with Gasteiger partial charge in [-0.05, 0) is 38.0 Å². The molecule has 1 aliphatic carbocycles. The van der Waals surface area contributed by atoms with E-state index in [2.05, 4.69) is 14.7 Å². The molecule has 4 nitrogen and oxygen atoms in total. The zero-order chi connectivity index (χ0) is 19.3. The van der Waals surface area contributed by atoms with E-state index in [0.29, 0.717) is 21.9 Å². The summed E-state index contributed by atoms with van der Waals surface area (Å²) in [6.07, 6.45) is 3.07. The maximum Gasteiger partial charge on any atom is 0.422 e. The molecule has 1 aromatic heterocycles. The van der Waals surface area contributed by atoms with Crippen LogP contribution >= 0.6 is 11.6 Å². The number of hydrogen-bond donors (Lipinski definition) is 1. The van der Waals surface area contributed by atoms with Crippen molar-refractivity contribution in [3.63, 3.8) is 0 Å². The fourth-order valence-corrected chi connectivity index (χ4v) is 2.52. The van der Waals surface area contributed by atoms with Crippen LogP contribution in [0.25, 0.3) is 0 Å². The molecule has 0 amide bonds. The summed E-state index contributed by atoms with van der Waals surface area (Å²) in [6, 6.07) is 1.68. The third kappa shape index (κ3) is 5.91. The largest absolute Gasteiger partial charge is 0.468 e. The second-order valence-corrected chi connectivity index (χ2v) is 6.36. The van der Waals surface area contributed by atoms with Crippen molar-refractivity contribution >= 4 is 17.8 Å². The van der Waals surface area contributed by atoms with E-state index in [4.69, 9.17) is 17.3 Å². The van der Waals surface area contributed by atoms with Gasteiger partial charge in [0.1, 0.15) is 0 Å². The Kier molecular flexibility index (Phi) is 6.47. The van der Waals surface area contributed by atoms with Crippen LogP contribution in [-0.4, -0.2) is 24.0 Å². The number of nitrogens with two attached hydrogens (primary N) is 1. The van der Waals surface area contributed by atoms with Gasteiger partial charge in [-0.2, -0.15) is 13.2 Å². The average molecular weight is 386 g/mol. The van der Waals surface area contributed by atoms with Gasteiger partial charge < -0.3 is 10.5 Å². The van der Waals surface area contributed by atoms with E-state index >= 15 is 0 Å². The monoisotopic (exact) mass is 385 g/mol. The van der Waals surface area contributed by atoms with Crippen LogP contribution in [-0.2, 0) is 6.54 Å². The smallest absolute Gasteiger partial charge is 0.422 e. The molecule has 0 saturated heterocycles. The Balaban J connectivity index is 2.06. The topological polar surface area (TPSA) is 60.5 Å². The van der Waals surface area contributed by atoms with Crippen LogP contribution in [0.3, 0.4) is 0 Å². The van der Waals surface area contributed by atoms with E-state index in [1.807, 2.05) is 19.1 Å². The molecule has 0 bridgehead atoms. The van der Waals surface area contributed by atoms with Crippen molar-refractivity contribution in [3.05, 3.63) is 57.4 Å². The Morgan fingerprint density at radius 3 is 2.77 bits per heavy atom. The third-order valence-corrected chi connectivity index (χ3v) is 3.89. The van der Waals surface area contributed by atoms with Gasteiger partial charge in [0, 0.05) is 34.3 Å². The van der Waals surface area contributed by atoms with E-state index in [0.717, 1.165) is 17.6 Å². The third-order valence-electron chi connectivity index (χ3n) is 3.53. The molecule has 1 heterocycles. The number of hydrogen-bond acceptors (Lipinski definition) is 4. The lowest BCUT2D eigenvalue weighted by atomic mass is 10.2. The Bertz CT molecular complexity index is 795. The summed E-state index contributed by atoms with van der Waals surface area (Å²) in [5.41, 5.74) is 9.53. The molecule has 0 spiro atoms. The van der Waals surface area contributed by atoms with Gasteiger partial charge in [-0.3, -0.25) is 4.99 Å². The van der Waals surface area contributed by atoms with E-state index < -0.39 is 12.8 Å². The van der Waals surface area contributed by atoms with E-state index in [1.165, 1.54) is 6.20 Å². The van der Waals surface area contributed by atoms with Crippen molar-refractivity contribution in [1.29, 1.82) is 0 Å². The van der Waals surface area contributed by atoms with Crippen LogP contribution in [0.1, 0.15) is 24.5 Å². The van der Waals surface area contributed by atoms with Crippen LogP contribution in [0.4, 0.5) is 13.2 Å². The van der Waals surface area contributed by atoms with Crippen LogP contribution in [0.15, 0.2) is 51.3 Å². The average Bonchev–Trinajstić information content (AvgIpc) is 2.65. The predicted octanol–water partition coefficient (Wildman–Crippen LogP) is 4.59. The zero-order valence-corrected chi connectivity index (χ0v) is 15.2. The summed E-state index contributed by atoms with van der Waals surface area (Å²) in [4.78, 5) is 8.23. The summed E-state index contributed by atoms with van der Waals surface area (Å²) in [6.45, 7) is 2.51. The van der Waals surface area contributed by atoms with Crippen molar-refractivity contribution in [1.82, 2.24) is 4.98 Å². The molecule has 0 radical (unpaired) electrons. The Labute approximate surface area is 154 Å². The van der Waals surface area contributed by atoms with Crippen molar-refractivity contribution in [2.24, 2.45) is 10.7 Å². The minimum atomic E-state index is -4.40. The normalized spacial score (nSPS) is 15.8. The minimum absolute atomic E-state index is 0.0441. The standard InChI is InChI=1S/C18H19ClF3N3O/c1-11-3-4-15(19)14(16(23)5-11)9-24-7-13-6-12(2)17(25-8-13)26-10-18(20,21)22/h4-6,8-9H,3,7,10,23H2,1-2H3. The highest BCUT2D eigenvalue weighted by Gasteiger charge is 2.28. The first-order chi connectivity index (χ1) is 12.2. The highest BCUT2D eigenvalue weighted by atomic mass is 35.5. The molecule has 140 valence electrons. The fraction of sp³-hybridized carbons (Fsp3) is 0.333. The molecule has 1 aliphatic rings. The lowest BCUT2D eigenvalue weighted by Crippen LogP contribution is -2.20. The molecule has 2 N–H and O–H groups in total. The number of aryl methyl sites for hydroxylation is 1. The summed E-state index contributed by atoms with van der Waals surface area (Å²) in [5, 5.41) is 0.532. The van der Waals surface area contributed by atoms with Gasteiger partial charge in [-0.15, -0.1) is 0 Å². The van der Waals surface area contributed by atoms with Gasteiger partial charge >= 0.3 is 6.18 Å². The van der Waals surface area contributed by atoms with Gasteiger partial charge in [-0.1, -0.05) is 23.3 Å². The van der Waals surface area contributed by atoms with Gasteiger partial charge in [-0.25, -0.2) is 4.98 Å². The summed E-state index contributed by atoms with van der Waals surface area (Å²) in [7, 11) is 0. The van der Waals surface area contributed by atoms with Crippen molar-refractivity contribution in [2.45, 2.75) is 33.0 Å². The molecular weight excluding hydrogens is 367 g/mol. The Morgan fingerprint density at radius 2 is 2.12 bits per heavy atom. The van der Waals surface area contributed by atoms with Gasteiger partial charge in [0.25, 0.3) is 0 Å². The molecule has 1 aromatic rings. The maximum atomic E-state index is 12.2. The number of aromatic nitrogens is 1. The van der Waals surface area contributed by atoms with E-state index in [-0.39, 0.29) is 12.4 Å². The molecule has 2 rings (SSSR count). The summed E-state index contributed by atoms with van der Waals surface area (Å²) in [5.74, 6) is -0.0441. The Hall–Kier alpha value is -2.28. The SMILES string of the molecule is CC1=CC(N)=C(C=NCc2cnc(OCC(F)(F)F)c(C)c2)C(Cl)=CC1. The summed E-state index contributed by atoms with van der Waals surface area (Å²) < 4.78 is 41.3. The van der Waals surface area contributed by atoms with Gasteiger partial charge in [0.05, 0.1) is 6.54 Å². The quantitative estimate of drug-likeness (QED) is 0.754. The number of alkyl halides is 3.